The first-order valence-electron chi connectivity index (χ1n) is 7.04. The van der Waals surface area contributed by atoms with E-state index in [4.69, 9.17) is 17.3 Å². The average Bonchev–Trinajstić information content (AvgIpc) is 2.46. The van der Waals surface area contributed by atoms with Crippen LogP contribution in [-0.4, -0.2) is 26.7 Å². The van der Waals surface area contributed by atoms with Gasteiger partial charge >= 0.3 is 0 Å². The highest BCUT2D eigenvalue weighted by Crippen LogP contribution is 2.35. The number of hydrogen-bond acceptors (Lipinski definition) is 4. The summed E-state index contributed by atoms with van der Waals surface area (Å²) in [5.74, 6) is 0. The molecule has 0 saturated heterocycles. The molecular weight excluding hydrogens is 312 g/mol. The van der Waals surface area contributed by atoms with Crippen LogP contribution in [0.2, 0.25) is 5.02 Å². The third-order valence-corrected chi connectivity index (χ3v) is 5.86. The summed E-state index contributed by atoms with van der Waals surface area (Å²) in [6.07, 6.45) is 4.85. The van der Waals surface area contributed by atoms with E-state index in [1.807, 2.05) is 0 Å². The quantitative estimate of drug-likeness (QED) is 0.720. The molecule has 0 amide bonds. The zero-order valence-electron chi connectivity index (χ0n) is 11.8. The van der Waals surface area contributed by atoms with Gasteiger partial charge in [-0.25, -0.2) is 13.1 Å². The lowest BCUT2D eigenvalue weighted by molar-refractivity contribution is 0.0867. The Labute approximate surface area is 130 Å². The van der Waals surface area contributed by atoms with Crippen LogP contribution in [0.1, 0.15) is 32.1 Å². The molecule has 1 saturated carbocycles. The number of nitrogen functional groups attached to an aromatic ring is 1. The molecule has 7 heteroatoms. The second-order valence-electron chi connectivity index (χ2n) is 5.73. The third kappa shape index (κ3) is 3.88. The van der Waals surface area contributed by atoms with Crippen molar-refractivity contribution >= 4 is 27.3 Å². The fourth-order valence-corrected chi connectivity index (χ4v) is 4.23. The van der Waals surface area contributed by atoms with Crippen LogP contribution in [0.3, 0.4) is 0 Å². The second kappa shape index (κ2) is 6.52. The lowest BCUT2D eigenvalue weighted by Crippen LogP contribution is -2.41. The fraction of sp³-hybridized carbons (Fsp3) is 0.571. The van der Waals surface area contributed by atoms with Gasteiger partial charge in [0.05, 0.1) is 5.69 Å². The highest BCUT2D eigenvalue weighted by atomic mass is 35.5. The van der Waals surface area contributed by atoms with Gasteiger partial charge in [0.15, 0.2) is 0 Å². The summed E-state index contributed by atoms with van der Waals surface area (Å²) in [5.41, 5.74) is 5.50. The van der Waals surface area contributed by atoms with Crippen molar-refractivity contribution in [1.29, 1.82) is 0 Å². The number of aliphatic hydroxyl groups excluding tert-OH is 1. The van der Waals surface area contributed by atoms with Gasteiger partial charge in [0.2, 0.25) is 10.0 Å². The van der Waals surface area contributed by atoms with E-state index in [0.717, 1.165) is 32.1 Å². The molecule has 21 heavy (non-hydrogen) atoms. The fourth-order valence-electron chi connectivity index (χ4n) is 2.78. The molecule has 0 heterocycles. The average molecular weight is 333 g/mol. The molecule has 5 nitrogen and oxygen atoms in total. The van der Waals surface area contributed by atoms with E-state index in [0.29, 0.717) is 5.02 Å². The number of rotatable bonds is 5. The number of sulfonamides is 1. The molecule has 2 rings (SSSR count). The molecule has 1 aliphatic carbocycles. The summed E-state index contributed by atoms with van der Waals surface area (Å²) in [6.45, 7) is 0.222. The Kier molecular flexibility index (Phi) is 5.14. The molecule has 0 unspecified atom stereocenters. The van der Waals surface area contributed by atoms with E-state index in [9.17, 15) is 13.5 Å². The van der Waals surface area contributed by atoms with Gasteiger partial charge in [-0.1, -0.05) is 30.9 Å². The van der Waals surface area contributed by atoms with Crippen LogP contribution < -0.4 is 10.5 Å². The molecule has 1 fully saturated rings. The summed E-state index contributed by atoms with van der Waals surface area (Å²) in [6, 6.07) is 4.31. The monoisotopic (exact) mass is 332 g/mol. The Hall–Kier alpha value is -0.820. The first kappa shape index (κ1) is 16.5. The molecule has 1 aromatic carbocycles. The van der Waals surface area contributed by atoms with Crippen molar-refractivity contribution < 1.29 is 13.5 Å². The minimum atomic E-state index is -3.70. The second-order valence-corrected chi connectivity index (χ2v) is 7.90. The molecular formula is C14H21ClN2O3S. The number of aliphatic hydroxyl groups is 1. The van der Waals surface area contributed by atoms with Gasteiger partial charge < -0.3 is 10.8 Å². The summed E-state index contributed by atoms with van der Waals surface area (Å²) >= 11 is 5.78. The van der Waals surface area contributed by atoms with Crippen LogP contribution >= 0.6 is 11.6 Å². The number of benzene rings is 1. The Morgan fingerprint density at radius 3 is 2.52 bits per heavy atom. The van der Waals surface area contributed by atoms with Crippen molar-refractivity contribution in [3.05, 3.63) is 23.2 Å². The van der Waals surface area contributed by atoms with Crippen LogP contribution in [0.5, 0.6) is 0 Å². The minimum absolute atomic E-state index is 0.00831. The summed E-state index contributed by atoms with van der Waals surface area (Å²) < 4.78 is 27.3. The Morgan fingerprint density at radius 1 is 1.29 bits per heavy atom. The first-order valence-corrected chi connectivity index (χ1v) is 8.90. The molecule has 0 spiro atoms. The number of anilines is 1. The van der Waals surface area contributed by atoms with Gasteiger partial charge in [-0.05, 0) is 31.0 Å². The van der Waals surface area contributed by atoms with Crippen LogP contribution in [-0.2, 0) is 10.0 Å². The lowest BCUT2D eigenvalue weighted by Gasteiger charge is -2.35. The maximum absolute atomic E-state index is 12.3. The van der Waals surface area contributed by atoms with Crippen LogP contribution in [0, 0.1) is 5.41 Å². The van der Waals surface area contributed by atoms with Gasteiger partial charge in [-0.15, -0.1) is 0 Å². The summed E-state index contributed by atoms with van der Waals surface area (Å²) in [5, 5.41) is 10.0. The Bertz CT molecular complexity index is 598. The summed E-state index contributed by atoms with van der Waals surface area (Å²) in [7, 11) is -3.70. The molecule has 0 aromatic heterocycles. The number of hydrogen-bond donors (Lipinski definition) is 3. The predicted molar refractivity (Wildman–Crippen MR) is 83.7 cm³/mol. The zero-order valence-corrected chi connectivity index (χ0v) is 13.4. The Balaban J connectivity index is 2.13. The van der Waals surface area contributed by atoms with Crippen molar-refractivity contribution in [2.24, 2.45) is 5.41 Å². The van der Waals surface area contributed by atoms with E-state index in [1.165, 1.54) is 18.2 Å². The highest BCUT2D eigenvalue weighted by Gasteiger charge is 2.33. The predicted octanol–water partition coefficient (Wildman–Crippen LogP) is 2.14. The van der Waals surface area contributed by atoms with Crippen LogP contribution in [0.25, 0.3) is 0 Å². The normalized spacial score (nSPS) is 18.6. The van der Waals surface area contributed by atoms with Gasteiger partial charge in [0.1, 0.15) is 4.90 Å². The van der Waals surface area contributed by atoms with Gasteiger partial charge in [0, 0.05) is 23.6 Å². The molecule has 0 aliphatic heterocycles. The van der Waals surface area contributed by atoms with E-state index < -0.39 is 10.0 Å². The standard InChI is InChI=1S/C14H21ClN2O3S/c15-11-4-5-13(12(16)8-11)21(19,20)17-9-14(10-18)6-2-1-3-7-14/h4-5,8,17-18H,1-3,6-7,9-10,16H2. The van der Waals surface area contributed by atoms with Crippen molar-refractivity contribution in [2.75, 3.05) is 18.9 Å². The largest absolute Gasteiger partial charge is 0.398 e. The molecule has 0 atom stereocenters. The SMILES string of the molecule is Nc1cc(Cl)ccc1S(=O)(=O)NCC1(CO)CCCCC1. The van der Waals surface area contributed by atoms with Gasteiger partial charge in [-0.2, -0.15) is 0 Å². The highest BCUT2D eigenvalue weighted by molar-refractivity contribution is 7.89. The number of nitrogens with two attached hydrogens (primary N) is 1. The van der Waals surface area contributed by atoms with Gasteiger partial charge in [-0.3, -0.25) is 0 Å². The topological polar surface area (TPSA) is 92.4 Å². The minimum Gasteiger partial charge on any atom is -0.398 e. The molecule has 0 radical (unpaired) electrons. The molecule has 1 aliphatic rings. The van der Waals surface area contributed by atoms with Crippen molar-refractivity contribution in [2.45, 2.75) is 37.0 Å². The third-order valence-electron chi connectivity index (χ3n) is 4.15. The van der Waals surface area contributed by atoms with Crippen LogP contribution in [0.4, 0.5) is 5.69 Å². The maximum Gasteiger partial charge on any atom is 0.242 e. The lowest BCUT2D eigenvalue weighted by atomic mass is 9.75. The van der Waals surface area contributed by atoms with E-state index >= 15 is 0 Å². The number of nitrogens with one attached hydrogen (secondary N) is 1. The van der Waals surface area contributed by atoms with Crippen molar-refractivity contribution in [3.8, 4) is 0 Å². The maximum atomic E-state index is 12.3. The van der Waals surface area contributed by atoms with Gasteiger partial charge in [0.25, 0.3) is 0 Å². The number of halogens is 1. The molecule has 0 bridgehead atoms. The smallest absolute Gasteiger partial charge is 0.242 e. The Morgan fingerprint density at radius 2 is 1.95 bits per heavy atom. The van der Waals surface area contributed by atoms with E-state index in [1.54, 1.807) is 0 Å². The van der Waals surface area contributed by atoms with Crippen molar-refractivity contribution in [1.82, 2.24) is 4.72 Å². The van der Waals surface area contributed by atoms with Crippen LogP contribution in [0.15, 0.2) is 23.1 Å². The van der Waals surface area contributed by atoms with Crippen molar-refractivity contribution in [3.63, 3.8) is 0 Å². The van der Waals surface area contributed by atoms with E-state index in [-0.39, 0.29) is 29.1 Å². The molecule has 1 aromatic rings. The molecule has 4 N–H and O–H groups in total. The first-order chi connectivity index (χ1) is 9.88. The zero-order chi connectivity index (χ0) is 15.5. The molecule has 118 valence electrons. The van der Waals surface area contributed by atoms with E-state index in [2.05, 4.69) is 4.72 Å². The summed E-state index contributed by atoms with van der Waals surface area (Å²) in [4.78, 5) is 0.0239.